The molecule has 0 saturated carbocycles. The molecule has 4 aromatic rings. The van der Waals surface area contributed by atoms with Crippen LogP contribution in [-0.2, 0) is 21.1 Å². The second-order valence-corrected chi connectivity index (χ2v) is 14.1. The van der Waals surface area contributed by atoms with Crippen molar-refractivity contribution in [2.75, 3.05) is 37.2 Å². The quantitative estimate of drug-likeness (QED) is 0.259. The fraction of sp³-hybridized carbons (Fsp3) is 0.321. The number of nitrogens with zero attached hydrogens (tertiary/aromatic N) is 3. The third-order valence-electron chi connectivity index (χ3n) is 6.84. The Balaban J connectivity index is 1.27. The Morgan fingerprint density at radius 2 is 1.82 bits per heavy atom. The van der Waals surface area contributed by atoms with Crippen molar-refractivity contribution >= 4 is 66.7 Å². The summed E-state index contributed by atoms with van der Waals surface area (Å²) in [7, 11) is -3.77. The molecule has 0 spiro atoms. The fourth-order valence-electron chi connectivity index (χ4n) is 4.83. The number of sulfone groups is 1. The summed E-state index contributed by atoms with van der Waals surface area (Å²) in [6.07, 6.45) is 5.15. The maximum Gasteiger partial charge on any atom is 0.265 e. The van der Waals surface area contributed by atoms with Crippen LogP contribution in [0.4, 0.5) is 5.69 Å². The van der Waals surface area contributed by atoms with Gasteiger partial charge in [0.25, 0.3) is 5.56 Å². The monoisotopic (exact) mass is 618 g/mol. The highest BCUT2D eigenvalue weighted by Crippen LogP contribution is 2.27. The maximum atomic E-state index is 13.3. The summed E-state index contributed by atoms with van der Waals surface area (Å²) < 4.78 is 26.7. The predicted octanol–water partition coefficient (Wildman–Crippen LogP) is 5.24. The van der Waals surface area contributed by atoms with E-state index in [0.29, 0.717) is 26.5 Å². The number of carbonyl (C=O) groups is 1. The zero-order valence-corrected chi connectivity index (χ0v) is 24.8. The van der Waals surface area contributed by atoms with Gasteiger partial charge in [-0.1, -0.05) is 35.7 Å². The number of thiophene rings is 1. The van der Waals surface area contributed by atoms with Crippen LogP contribution in [0.3, 0.4) is 0 Å². The van der Waals surface area contributed by atoms with Crippen LogP contribution in [0.2, 0.25) is 9.36 Å². The molecule has 2 aromatic heterocycles. The van der Waals surface area contributed by atoms with Crippen molar-refractivity contribution in [1.29, 1.82) is 0 Å². The lowest BCUT2D eigenvalue weighted by molar-refractivity contribution is -0.116. The van der Waals surface area contributed by atoms with Crippen molar-refractivity contribution < 1.29 is 13.2 Å². The summed E-state index contributed by atoms with van der Waals surface area (Å²) in [6, 6.07) is 13.2. The first-order valence-electron chi connectivity index (χ1n) is 13.0. The first kappa shape index (κ1) is 28.8. The molecule has 1 fully saturated rings. The summed E-state index contributed by atoms with van der Waals surface area (Å²) in [6.45, 7) is 4.09. The van der Waals surface area contributed by atoms with Crippen LogP contribution >= 0.6 is 34.5 Å². The summed E-state index contributed by atoms with van der Waals surface area (Å²) in [4.78, 5) is 32.7. The number of anilines is 1. The second-order valence-electron chi connectivity index (χ2n) is 9.80. The first-order chi connectivity index (χ1) is 19.2. The number of hydrogen-bond acceptors (Lipinski definition) is 8. The van der Waals surface area contributed by atoms with Gasteiger partial charge >= 0.3 is 0 Å². The van der Waals surface area contributed by atoms with E-state index in [-0.39, 0.29) is 21.2 Å². The molecule has 5 rings (SSSR count). The second kappa shape index (κ2) is 12.4. The molecule has 0 amide bonds. The van der Waals surface area contributed by atoms with Crippen LogP contribution in [0.1, 0.15) is 24.8 Å². The minimum atomic E-state index is -3.77. The molecule has 1 N–H and O–H groups in total. The number of ketones is 1. The van der Waals surface area contributed by atoms with Crippen LogP contribution in [0.15, 0.2) is 63.9 Å². The number of likely N-dealkylation sites (tertiary alicyclic amines) is 1. The maximum absolute atomic E-state index is 13.3. The van der Waals surface area contributed by atoms with Gasteiger partial charge in [-0.2, -0.15) is 0 Å². The Kier molecular flexibility index (Phi) is 8.92. The van der Waals surface area contributed by atoms with E-state index in [4.69, 9.17) is 23.2 Å². The van der Waals surface area contributed by atoms with E-state index >= 15 is 0 Å². The van der Waals surface area contributed by atoms with E-state index in [0.717, 1.165) is 43.2 Å². The number of aromatic nitrogens is 2. The van der Waals surface area contributed by atoms with Crippen molar-refractivity contribution in [3.05, 3.63) is 80.1 Å². The molecular formula is C28H28Cl2N4O4S2. The van der Waals surface area contributed by atoms with Gasteiger partial charge in [-0.05, 0) is 74.0 Å². The lowest BCUT2D eigenvalue weighted by Gasteiger charge is -2.26. The number of fused-ring (bicyclic) bond motifs is 1. The number of nitrogens with one attached hydrogen (secondary N) is 1. The molecule has 1 aliphatic heterocycles. The third kappa shape index (κ3) is 6.75. The van der Waals surface area contributed by atoms with Gasteiger partial charge in [0, 0.05) is 25.2 Å². The van der Waals surface area contributed by atoms with Crippen molar-refractivity contribution in [2.24, 2.45) is 0 Å². The number of halogens is 2. The Bertz CT molecular complexity index is 1710. The number of benzene rings is 2. The molecule has 210 valence electrons. The topological polar surface area (TPSA) is 101 Å². The van der Waals surface area contributed by atoms with Crippen LogP contribution in [-0.4, -0.2) is 60.6 Å². The molecule has 0 unspecified atom stereocenters. The largest absolute Gasteiger partial charge is 0.384 e. The van der Waals surface area contributed by atoms with E-state index in [1.807, 2.05) is 12.1 Å². The highest BCUT2D eigenvalue weighted by atomic mass is 35.5. The summed E-state index contributed by atoms with van der Waals surface area (Å²) in [5, 5.41) is 4.13. The summed E-state index contributed by atoms with van der Waals surface area (Å²) in [5.74, 6) is -1.11. The van der Waals surface area contributed by atoms with Gasteiger partial charge in [-0.3, -0.25) is 14.2 Å². The lowest BCUT2D eigenvalue weighted by atomic mass is 10.1. The highest BCUT2D eigenvalue weighted by molar-refractivity contribution is 7.94. The average Bonchev–Trinajstić information content (AvgIpc) is 3.37. The minimum absolute atomic E-state index is 0.0581. The van der Waals surface area contributed by atoms with Crippen molar-refractivity contribution in [3.63, 3.8) is 0 Å². The Labute approximate surface area is 246 Å². The Morgan fingerprint density at radius 3 is 2.55 bits per heavy atom. The molecule has 40 heavy (non-hydrogen) atoms. The molecule has 2 aromatic carbocycles. The van der Waals surface area contributed by atoms with Gasteiger partial charge in [-0.25, -0.2) is 13.4 Å². The average molecular weight is 620 g/mol. The zero-order chi connectivity index (χ0) is 28.3. The molecule has 3 heterocycles. The van der Waals surface area contributed by atoms with E-state index in [9.17, 15) is 18.0 Å². The van der Waals surface area contributed by atoms with Crippen LogP contribution in [0, 0.1) is 0 Å². The van der Waals surface area contributed by atoms with Gasteiger partial charge in [-0.15, -0.1) is 11.3 Å². The minimum Gasteiger partial charge on any atom is -0.384 e. The third-order valence-corrected chi connectivity index (χ3v) is 10.6. The molecular weight excluding hydrogens is 591 g/mol. The smallest absolute Gasteiger partial charge is 0.265 e. The highest BCUT2D eigenvalue weighted by Gasteiger charge is 2.22. The number of piperidine rings is 1. The van der Waals surface area contributed by atoms with Gasteiger partial charge in [0.2, 0.25) is 0 Å². The van der Waals surface area contributed by atoms with Crippen molar-refractivity contribution in [2.45, 2.75) is 29.9 Å². The molecule has 0 atom stereocenters. The van der Waals surface area contributed by atoms with E-state index in [1.165, 1.54) is 42.3 Å². The Morgan fingerprint density at radius 1 is 1.02 bits per heavy atom. The first-order valence-corrected chi connectivity index (χ1v) is 16.2. The molecule has 0 aliphatic carbocycles. The van der Waals surface area contributed by atoms with Gasteiger partial charge in [0.05, 0.1) is 25.9 Å². The number of hydrogen-bond donors (Lipinski definition) is 1. The van der Waals surface area contributed by atoms with E-state index < -0.39 is 21.4 Å². The van der Waals surface area contributed by atoms with Gasteiger partial charge in [0.15, 0.2) is 15.6 Å². The zero-order valence-electron chi connectivity index (χ0n) is 21.6. The molecule has 1 aliphatic rings. The van der Waals surface area contributed by atoms with Gasteiger partial charge < -0.3 is 10.2 Å². The summed E-state index contributed by atoms with van der Waals surface area (Å²) >= 11 is 13.3. The number of carbonyl (C=O) groups excluding carboxylic acids is 1. The van der Waals surface area contributed by atoms with Crippen molar-refractivity contribution in [3.8, 4) is 5.69 Å². The van der Waals surface area contributed by atoms with Crippen LogP contribution in [0.5, 0.6) is 0 Å². The SMILES string of the molecule is O=C(Cc1ccc(-n2cnc3cc(NCCN4CCCCC4)ccc3c2=O)c(Cl)c1)CS(=O)(=O)c1ccc(Cl)s1. The van der Waals surface area contributed by atoms with Crippen LogP contribution < -0.4 is 10.9 Å². The Hall–Kier alpha value is -2.76. The van der Waals surface area contributed by atoms with Crippen LogP contribution in [0.25, 0.3) is 16.6 Å². The van der Waals surface area contributed by atoms with E-state index in [2.05, 4.69) is 15.2 Å². The van der Waals surface area contributed by atoms with Gasteiger partial charge in [0.1, 0.15) is 16.3 Å². The number of Topliss-reactive ketones (excluding diaryl/α,β-unsaturated/α-hetero) is 1. The fourth-order valence-corrected chi connectivity index (χ4v) is 7.93. The molecule has 8 nitrogen and oxygen atoms in total. The lowest BCUT2D eigenvalue weighted by Crippen LogP contribution is -2.33. The molecule has 0 bridgehead atoms. The molecule has 12 heteroatoms. The molecule has 0 radical (unpaired) electrons. The summed E-state index contributed by atoms with van der Waals surface area (Å²) in [5.41, 5.74) is 2.18. The molecule has 1 saturated heterocycles. The van der Waals surface area contributed by atoms with Crippen molar-refractivity contribution in [1.82, 2.24) is 14.5 Å². The normalized spacial score (nSPS) is 14.4. The van der Waals surface area contributed by atoms with E-state index in [1.54, 1.807) is 24.3 Å². The number of rotatable bonds is 10. The standard InChI is InChI=1S/C28H28Cl2N4O4S2/c29-23-15-19(14-21(35)17-40(37,38)27-9-8-26(30)39-27)4-7-25(23)34-18-32-24-16-20(5-6-22(24)28(34)36)31-10-13-33-11-2-1-3-12-33/h4-9,15-16,18,31H,1-3,10-14,17H2. The predicted molar refractivity (Wildman–Crippen MR) is 161 cm³/mol.